The van der Waals surface area contributed by atoms with Crippen molar-refractivity contribution in [2.24, 2.45) is 0 Å². The van der Waals surface area contributed by atoms with Gasteiger partial charge in [-0.25, -0.2) is 4.79 Å². The summed E-state index contributed by atoms with van der Waals surface area (Å²) in [6, 6.07) is 9.46. The van der Waals surface area contributed by atoms with Crippen molar-refractivity contribution in [3.8, 4) is 0 Å². The minimum atomic E-state index is -0.524. The summed E-state index contributed by atoms with van der Waals surface area (Å²) in [6.45, 7) is 2.64. The van der Waals surface area contributed by atoms with Crippen molar-refractivity contribution in [2.75, 3.05) is 20.8 Å². The number of hydrogen-bond donors (Lipinski definition) is 1. The maximum absolute atomic E-state index is 11.5. The molecule has 0 aliphatic rings. The standard InChI is InChI=1S/C18H25NO5/c1-14(8-7-11-17(20)22-2)16(19-18(21)23-3)13-24-12-15-9-5-4-6-10-15/h4-6,8-10,16H,7,11-13H2,1-3H3,(H,19,21)/b14-8+. The van der Waals surface area contributed by atoms with Crippen molar-refractivity contribution in [2.45, 2.75) is 32.4 Å². The predicted molar refractivity (Wildman–Crippen MR) is 90.4 cm³/mol. The van der Waals surface area contributed by atoms with Crippen LogP contribution in [0.15, 0.2) is 42.0 Å². The van der Waals surface area contributed by atoms with E-state index >= 15 is 0 Å². The lowest BCUT2D eigenvalue weighted by molar-refractivity contribution is -0.140. The van der Waals surface area contributed by atoms with Crippen LogP contribution in [0.1, 0.15) is 25.3 Å². The second-order valence-electron chi connectivity index (χ2n) is 5.25. The first-order valence-corrected chi connectivity index (χ1v) is 7.76. The first-order chi connectivity index (χ1) is 11.6. The molecule has 0 aliphatic heterocycles. The predicted octanol–water partition coefficient (Wildman–Crippen LogP) is 2.83. The number of ether oxygens (including phenoxy) is 3. The van der Waals surface area contributed by atoms with Gasteiger partial charge in [-0.05, 0) is 18.9 Å². The molecule has 0 aromatic heterocycles. The van der Waals surface area contributed by atoms with Gasteiger partial charge in [-0.1, -0.05) is 42.0 Å². The van der Waals surface area contributed by atoms with Crippen LogP contribution in [0.25, 0.3) is 0 Å². The molecule has 0 heterocycles. The van der Waals surface area contributed by atoms with Crippen LogP contribution in [0.2, 0.25) is 0 Å². The van der Waals surface area contributed by atoms with Gasteiger partial charge in [0.25, 0.3) is 0 Å². The fourth-order valence-corrected chi connectivity index (χ4v) is 2.02. The number of esters is 1. The van der Waals surface area contributed by atoms with Gasteiger partial charge in [-0.3, -0.25) is 4.79 Å². The molecular formula is C18H25NO5. The van der Waals surface area contributed by atoms with Crippen molar-refractivity contribution in [1.29, 1.82) is 0 Å². The van der Waals surface area contributed by atoms with Gasteiger partial charge >= 0.3 is 12.1 Å². The number of carbonyl (C=O) groups is 2. The lowest BCUT2D eigenvalue weighted by Gasteiger charge is -2.19. The highest BCUT2D eigenvalue weighted by Crippen LogP contribution is 2.08. The molecule has 0 radical (unpaired) electrons. The number of nitrogens with one attached hydrogen (secondary N) is 1. The topological polar surface area (TPSA) is 73.9 Å². The van der Waals surface area contributed by atoms with Crippen LogP contribution in [0.4, 0.5) is 4.79 Å². The van der Waals surface area contributed by atoms with E-state index in [4.69, 9.17) is 4.74 Å². The number of benzene rings is 1. The number of methoxy groups -OCH3 is 2. The fraction of sp³-hybridized carbons (Fsp3) is 0.444. The molecule has 6 nitrogen and oxygen atoms in total. The van der Waals surface area contributed by atoms with E-state index in [0.717, 1.165) is 11.1 Å². The van der Waals surface area contributed by atoms with Gasteiger partial charge < -0.3 is 19.5 Å². The van der Waals surface area contributed by atoms with E-state index in [2.05, 4.69) is 14.8 Å². The van der Waals surface area contributed by atoms with Crippen molar-refractivity contribution in [3.63, 3.8) is 0 Å². The molecule has 1 rings (SSSR count). The number of rotatable bonds is 9. The molecule has 0 aliphatic carbocycles. The Labute approximate surface area is 142 Å². The first kappa shape index (κ1) is 19.7. The summed E-state index contributed by atoms with van der Waals surface area (Å²) >= 11 is 0. The van der Waals surface area contributed by atoms with Crippen LogP contribution in [0, 0.1) is 0 Å². The zero-order chi connectivity index (χ0) is 17.8. The van der Waals surface area contributed by atoms with E-state index in [0.29, 0.717) is 26.1 Å². The monoisotopic (exact) mass is 335 g/mol. The summed E-state index contributed by atoms with van der Waals surface area (Å²) in [5.41, 5.74) is 1.96. The largest absolute Gasteiger partial charge is 0.469 e. The summed E-state index contributed by atoms with van der Waals surface area (Å²) in [5, 5.41) is 2.73. The van der Waals surface area contributed by atoms with Crippen molar-refractivity contribution in [1.82, 2.24) is 5.32 Å². The Balaban J connectivity index is 2.56. The lowest BCUT2D eigenvalue weighted by atomic mass is 10.1. The number of hydrogen-bond acceptors (Lipinski definition) is 5. The number of carbonyl (C=O) groups excluding carboxylic acids is 2. The number of allylic oxidation sites excluding steroid dienone is 1. The van der Waals surface area contributed by atoms with Crippen LogP contribution in [0.5, 0.6) is 0 Å². The van der Waals surface area contributed by atoms with E-state index in [9.17, 15) is 9.59 Å². The normalized spacial score (nSPS) is 12.4. The quantitative estimate of drug-likeness (QED) is 0.555. The Morgan fingerprint density at radius 2 is 1.88 bits per heavy atom. The van der Waals surface area contributed by atoms with E-state index in [1.807, 2.05) is 43.3 Å². The molecule has 1 atom stereocenters. The van der Waals surface area contributed by atoms with Gasteiger partial charge in [0.1, 0.15) is 0 Å². The Bertz CT molecular complexity index is 542. The SMILES string of the molecule is COC(=O)CC/C=C(\C)C(COCc1ccccc1)NC(=O)OC. The molecule has 0 bridgehead atoms. The highest BCUT2D eigenvalue weighted by molar-refractivity contribution is 5.69. The van der Waals surface area contributed by atoms with Crippen LogP contribution in [0.3, 0.4) is 0 Å². The zero-order valence-corrected chi connectivity index (χ0v) is 14.4. The molecule has 1 aromatic carbocycles. The Morgan fingerprint density at radius 1 is 1.17 bits per heavy atom. The summed E-state index contributed by atoms with van der Waals surface area (Å²) in [6.07, 6.45) is 2.20. The molecule has 1 aromatic rings. The summed E-state index contributed by atoms with van der Waals surface area (Å²) in [5.74, 6) is -0.267. The maximum Gasteiger partial charge on any atom is 0.407 e. The van der Waals surface area contributed by atoms with E-state index in [1.54, 1.807) is 0 Å². The van der Waals surface area contributed by atoms with Gasteiger partial charge in [-0.2, -0.15) is 0 Å². The van der Waals surface area contributed by atoms with E-state index < -0.39 is 6.09 Å². The van der Waals surface area contributed by atoms with Gasteiger partial charge in [-0.15, -0.1) is 0 Å². The van der Waals surface area contributed by atoms with Crippen LogP contribution in [-0.4, -0.2) is 38.9 Å². The second kappa shape index (κ2) is 11.2. The van der Waals surface area contributed by atoms with Crippen LogP contribution < -0.4 is 5.32 Å². The average Bonchev–Trinajstić information content (AvgIpc) is 2.61. The fourth-order valence-electron chi connectivity index (χ4n) is 2.02. The molecule has 132 valence electrons. The van der Waals surface area contributed by atoms with Gasteiger partial charge in [0, 0.05) is 6.42 Å². The minimum Gasteiger partial charge on any atom is -0.469 e. The Morgan fingerprint density at radius 3 is 2.50 bits per heavy atom. The van der Waals surface area contributed by atoms with Gasteiger partial charge in [0.05, 0.1) is 33.5 Å². The third-order valence-corrected chi connectivity index (χ3v) is 3.47. The third kappa shape index (κ3) is 7.78. The molecule has 24 heavy (non-hydrogen) atoms. The summed E-state index contributed by atoms with van der Waals surface area (Å²) < 4.78 is 14.9. The van der Waals surface area contributed by atoms with Crippen molar-refractivity contribution >= 4 is 12.1 Å². The molecule has 1 unspecified atom stereocenters. The molecule has 0 saturated carbocycles. The molecular weight excluding hydrogens is 310 g/mol. The second-order valence-corrected chi connectivity index (χ2v) is 5.25. The summed E-state index contributed by atoms with van der Waals surface area (Å²) in [4.78, 5) is 22.6. The van der Waals surface area contributed by atoms with E-state index in [-0.39, 0.29) is 12.0 Å². The zero-order valence-electron chi connectivity index (χ0n) is 14.4. The number of alkyl carbamates (subject to hydrolysis) is 1. The summed E-state index contributed by atoms with van der Waals surface area (Å²) in [7, 11) is 2.67. The van der Waals surface area contributed by atoms with Gasteiger partial charge in [0.15, 0.2) is 0 Å². The molecule has 1 amide bonds. The third-order valence-electron chi connectivity index (χ3n) is 3.47. The van der Waals surface area contributed by atoms with Gasteiger partial charge in [0.2, 0.25) is 0 Å². The maximum atomic E-state index is 11.5. The minimum absolute atomic E-state index is 0.267. The highest BCUT2D eigenvalue weighted by Gasteiger charge is 2.15. The smallest absolute Gasteiger partial charge is 0.407 e. The highest BCUT2D eigenvalue weighted by atomic mass is 16.5. The number of amides is 1. The average molecular weight is 335 g/mol. The molecule has 0 spiro atoms. The van der Waals surface area contributed by atoms with Crippen molar-refractivity contribution < 1.29 is 23.8 Å². The molecule has 0 fully saturated rings. The molecule has 0 saturated heterocycles. The molecule has 6 heteroatoms. The lowest BCUT2D eigenvalue weighted by Crippen LogP contribution is -2.39. The Hall–Kier alpha value is -2.34. The van der Waals surface area contributed by atoms with E-state index in [1.165, 1.54) is 14.2 Å². The molecule has 1 N–H and O–H groups in total. The van der Waals surface area contributed by atoms with Crippen LogP contribution >= 0.6 is 0 Å². The first-order valence-electron chi connectivity index (χ1n) is 7.76. The van der Waals surface area contributed by atoms with Crippen LogP contribution in [-0.2, 0) is 25.6 Å². The van der Waals surface area contributed by atoms with Crippen molar-refractivity contribution in [3.05, 3.63) is 47.5 Å². The Kier molecular flexibility index (Phi) is 9.23.